The van der Waals surface area contributed by atoms with E-state index in [1.807, 2.05) is 34.4 Å². The van der Waals surface area contributed by atoms with E-state index in [0.29, 0.717) is 0 Å². The van der Waals surface area contributed by atoms with Gasteiger partial charge in [0.25, 0.3) is 0 Å². The van der Waals surface area contributed by atoms with Crippen molar-refractivity contribution in [1.29, 1.82) is 0 Å². The number of anilines is 1. The highest BCUT2D eigenvalue weighted by atomic mass is 79.9. The maximum Gasteiger partial charge on any atom is 0.0868 e. The molecule has 0 aromatic heterocycles. The number of benzene rings is 1. The first-order valence-corrected chi connectivity index (χ1v) is 4.14. The lowest BCUT2D eigenvalue weighted by atomic mass is 10.2. The third-order valence-corrected chi connectivity index (χ3v) is 2.29. The first kappa shape index (κ1) is 6.85. The van der Waals surface area contributed by atoms with E-state index in [2.05, 4.69) is 21.1 Å². The SMILES string of the molecule is BrN1CC=Nc2ccccc21. The standard InChI is InChI=1S/C8H7BrN2/c9-11-6-5-10-7-3-1-2-4-8(7)11/h1-5H,6H2. The predicted molar refractivity (Wildman–Crippen MR) is 50.9 cm³/mol. The van der Waals surface area contributed by atoms with Gasteiger partial charge < -0.3 is 3.93 Å². The number of aliphatic imine (C=N–C) groups is 1. The molecule has 2 nitrogen and oxygen atoms in total. The van der Waals surface area contributed by atoms with Crippen LogP contribution in [0.25, 0.3) is 0 Å². The fourth-order valence-corrected chi connectivity index (χ4v) is 1.52. The quantitative estimate of drug-likeness (QED) is 0.602. The number of hydrogen-bond acceptors (Lipinski definition) is 2. The van der Waals surface area contributed by atoms with Crippen LogP contribution in [0.15, 0.2) is 29.3 Å². The smallest absolute Gasteiger partial charge is 0.0868 e. The molecule has 0 fully saturated rings. The molecular weight excluding hydrogens is 204 g/mol. The molecule has 1 aromatic rings. The van der Waals surface area contributed by atoms with Crippen molar-refractivity contribution in [2.45, 2.75) is 0 Å². The van der Waals surface area contributed by atoms with Crippen LogP contribution in [-0.4, -0.2) is 12.8 Å². The van der Waals surface area contributed by atoms with E-state index >= 15 is 0 Å². The van der Waals surface area contributed by atoms with Crippen molar-refractivity contribution in [2.24, 2.45) is 4.99 Å². The Hall–Kier alpha value is -0.830. The lowest BCUT2D eigenvalue weighted by Crippen LogP contribution is -2.14. The van der Waals surface area contributed by atoms with Crippen LogP contribution in [0.5, 0.6) is 0 Å². The van der Waals surface area contributed by atoms with Gasteiger partial charge in [-0.25, -0.2) is 0 Å². The molecule has 0 saturated heterocycles. The molecule has 0 aliphatic carbocycles. The molecule has 0 saturated carbocycles. The zero-order chi connectivity index (χ0) is 7.68. The molecule has 2 rings (SSSR count). The van der Waals surface area contributed by atoms with E-state index < -0.39 is 0 Å². The number of rotatable bonds is 0. The van der Waals surface area contributed by atoms with E-state index in [0.717, 1.165) is 17.9 Å². The second-order valence-electron chi connectivity index (χ2n) is 2.35. The van der Waals surface area contributed by atoms with E-state index in [1.54, 1.807) is 0 Å². The van der Waals surface area contributed by atoms with Gasteiger partial charge in [-0.1, -0.05) is 12.1 Å². The summed E-state index contributed by atoms with van der Waals surface area (Å²) in [6.45, 7) is 0.830. The highest BCUT2D eigenvalue weighted by Crippen LogP contribution is 2.31. The molecule has 0 N–H and O–H groups in total. The number of para-hydroxylation sites is 2. The Bertz CT molecular complexity index is 296. The van der Waals surface area contributed by atoms with Gasteiger partial charge in [0.1, 0.15) is 0 Å². The molecule has 56 valence electrons. The summed E-state index contributed by atoms with van der Waals surface area (Å²) in [5.74, 6) is 0. The van der Waals surface area contributed by atoms with Crippen molar-refractivity contribution in [3.63, 3.8) is 0 Å². The van der Waals surface area contributed by atoms with E-state index in [-0.39, 0.29) is 0 Å². The van der Waals surface area contributed by atoms with E-state index in [4.69, 9.17) is 0 Å². The lowest BCUT2D eigenvalue weighted by molar-refractivity contribution is 1.24. The number of nitrogens with zero attached hydrogens (tertiary/aromatic N) is 2. The molecule has 1 aliphatic rings. The van der Waals surface area contributed by atoms with Crippen molar-refractivity contribution in [3.05, 3.63) is 24.3 Å². The summed E-state index contributed by atoms with van der Waals surface area (Å²) in [6.07, 6.45) is 1.89. The lowest BCUT2D eigenvalue weighted by Gasteiger charge is -2.19. The zero-order valence-electron chi connectivity index (χ0n) is 5.87. The van der Waals surface area contributed by atoms with Gasteiger partial charge in [-0.2, -0.15) is 0 Å². The molecule has 0 bridgehead atoms. The highest BCUT2D eigenvalue weighted by Gasteiger charge is 2.09. The van der Waals surface area contributed by atoms with Crippen molar-refractivity contribution in [1.82, 2.24) is 0 Å². The van der Waals surface area contributed by atoms with Crippen LogP contribution in [0, 0.1) is 0 Å². The number of fused-ring (bicyclic) bond motifs is 1. The summed E-state index contributed by atoms with van der Waals surface area (Å²) in [6, 6.07) is 8.04. The van der Waals surface area contributed by atoms with Crippen molar-refractivity contribution in [2.75, 3.05) is 10.5 Å². The van der Waals surface area contributed by atoms with E-state index in [9.17, 15) is 0 Å². The summed E-state index contributed by atoms with van der Waals surface area (Å²) >= 11 is 3.43. The maximum atomic E-state index is 4.25. The van der Waals surface area contributed by atoms with Crippen LogP contribution in [0.4, 0.5) is 11.4 Å². The van der Waals surface area contributed by atoms with Gasteiger partial charge in [-0.3, -0.25) is 4.99 Å². The summed E-state index contributed by atoms with van der Waals surface area (Å²) in [4.78, 5) is 4.25. The summed E-state index contributed by atoms with van der Waals surface area (Å²) in [5, 5.41) is 0. The molecule has 0 atom stereocenters. The first-order chi connectivity index (χ1) is 5.38. The average Bonchev–Trinajstić information content (AvgIpc) is 2.06. The van der Waals surface area contributed by atoms with Crippen molar-refractivity contribution >= 4 is 33.7 Å². The van der Waals surface area contributed by atoms with E-state index in [1.165, 1.54) is 0 Å². The summed E-state index contributed by atoms with van der Waals surface area (Å²) < 4.78 is 2.00. The Labute approximate surface area is 73.9 Å². The Morgan fingerprint density at radius 3 is 3.00 bits per heavy atom. The zero-order valence-corrected chi connectivity index (χ0v) is 7.45. The van der Waals surface area contributed by atoms with Crippen molar-refractivity contribution in [3.8, 4) is 0 Å². The third-order valence-electron chi connectivity index (χ3n) is 1.62. The Kier molecular flexibility index (Phi) is 1.66. The summed E-state index contributed by atoms with van der Waals surface area (Å²) in [5.41, 5.74) is 2.16. The molecular formula is C8H7BrN2. The van der Waals surface area contributed by atoms with Gasteiger partial charge in [0, 0.05) is 6.21 Å². The summed E-state index contributed by atoms with van der Waals surface area (Å²) in [7, 11) is 0. The average molecular weight is 211 g/mol. The minimum absolute atomic E-state index is 0.830. The van der Waals surface area contributed by atoms with Gasteiger partial charge in [-0.15, -0.1) is 0 Å². The van der Waals surface area contributed by atoms with Gasteiger partial charge >= 0.3 is 0 Å². The fourth-order valence-electron chi connectivity index (χ4n) is 1.09. The largest absolute Gasteiger partial charge is 0.301 e. The molecule has 11 heavy (non-hydrogen) atoms. The highest BCUT2D eigenvalue weighted by molar-refractivity contribution is 9.10. The van der Waals surface area contributed by atoms with Crippen LogP contribution in [0.2, 0.25) is 0 Å². The minimum Gasteiger partial charge on any atom is -0.301 e. The van der Waals surface area contributed by atoms with Gasteiger partial charge in [-0.05, 0) is 12.1 Å². The maximum absolute atomic E-state index is 4.25. The molecule has 0 spiro atoms. The third kappa shape index (κ3) is 1.16. The molecule has 0 unspecified atom stereocenters. The van der Waals surface area contributed by atoms with Gasteiger partial charge in [0.05, 0.1) is 34.1 Å². The normalized spacial score (nSPS) is 14.8. The van der Waals surface area contributed by atoms with Crippen LogP contribution >= 0.6 is 16.1 Å². The number of halogens is 1. The molecule has 0 amide bonds. The Balaban J connectivity index is 2.54. The first-order valence-electron chi connectivity index (χ1n) is 3.43. The monoisotopic (exact) mass is 210 g/mol. The van der Waals surface area contributed by atoms with Crippen molar-refractivity contribution < 1.29 is 0 Å². The topological polar surface area (TPSA) is 15.6 Å². The van der Waals surface area contributed by atoms with Crippen LogP contribution < -0.4 is 3.93 Å². The van der Waals surface area contributed by atoms with Gasteiger partial charge in [0.2, 0.25) is 0 Å². The molecule has 1 aliphatic heterocycles. The second kappa shape index (κ2) is 2.66. The minimum atomic E-state index is 0.830. The molecule has 1 aromatic carbocycles. The second-order valence-corrected chi connectivity index (χ2v) is 3.20. The predicted octanol–water partition coefficient (Wildman–Crippen LogP) is 2.52. The Morgan fingerprint density at radius 1 is 1.36 bits per heavy atom. The number of hydrogen-bond donors (Lipinski definition) is 0. The molecule has 3 heteroatoms. The molecule has 0 radical (unpaired) electrons. The van der Waals surface area contributed by atoms with Crippen LogP contribution in [-0.2, 0) is 0 Å². The molecule has 1 heterocycles. The van der Waals surface area contributed by atoms with Gasteiger partial charge in [0.15, 0.2) is 0 Å². The fraction of sp³-hybridized carbons (Fsp3) is 0.125. The van der Waals surface area contributed by atoms with Crippen LogP contribution in [0.3, 0.4) is 0 Å². The van der Waals surface area contributed by atoms with Crippen LogP contribution in [0.1, 0.15) is 0 Å². The Morgan fingerprint density at radius 2 is 2.18 bits per heavy atom.